The molecule has 9 heteroatoms. The van der Waals surface area contributed by atoms with E-state index >= 15 is 0 Å². The predicted molar refractivity (Wildman–Crippen MR) is 167 cm³/mol. The molecule has 0 fully saturated rings. The number of aromatic nitrogens is 1. The van der Waals surface area contributed by atoms with Gasteiger partial charge < -0.3 is 29.0 Å². The van der Waals surface area contributed by atoms with E-state index < -0.39 is 16.9 Å². The molecule has 0 saturated heterocycles. The first-order chi connectivity index (χ1) is 21.1. The van der Waals surface area contributed by atoms with Gasteiger partial charge in [0, 0.05) is 51.5 Å². The molecule has 0 bridgehead atoms. The molecule has 3 aliphatic heterocycles. The molecule has 0 aliphatic carbocycles. The third-order valence-electron chi connectivity index (χ3n) is 9.08. The van der Waals surface area contributed by atoms with Crippen molar-refractivity contribution in [2.45, 2.75) is 57.8 Å². The topological polar surface area (TPSA) is 99.5 Å². The second-order valence-electron chi connectivity index (χ2n) is 12.7. The molecule has 3 aromatic carbocycles. The molecule has 9 nitrogen and oxygen atoms in total. The summed E-state index contributed by atoms with van der Waals surface area (Å²) in [6.07, 6.45) is 1.82. The maximum absolute atomic E-state index is 14.8. The first kappa shape index (κ1) is 28.1. The van der Waals surface area contributed by atoms with Crippen LogP contribution in [0.4, 0.5) is 10.5 Å². The predicted octanol–water partition coefficient (Wildman–Crippen LogP) is 7.08. The van der Waals surface area contributed by atoms with Gasteiger partial charge in [-0.2, -0.15) is 0 Å². The Kier molecular flexibility index (Phi) is 6.35. The highest BCUT2D eigenvalue weighted by Crippen LogP contribution is 2.58. The van der Waals surface area contributed by atoms with E-state index in [2.05, 4.69) is 6.92 Å². The molecule has 1 aromatic heterocycles. The van der Waals surface area contributed by atoms with E-state index in [1.54, 1.807) is 19.2 Å². The van der Waals surface area contributed by atoms with Crippen LogP contribution >= 0.6 is 0 Å². The van der Waals surface area contributed by atoms with Crippen molar-refractivity contribution >= 4 is 28.6 Å². The fourth-order valence-corrected chi connectivity index (χ4v) is 7.21. The van der Waals surface area contributed by atoms with Crippen LogP contribution in [0.3, 0.4) is 0 Å². The van der Waals surface area contributed by atoms with Gasteiger partial charge in [-0.3, -0.25) is 4.79 Å². The average Bonchev–Trinajstić information content (AvgIpc) is 3.75. The largest absolute Gasteiger partial charge is 0.497 e. The van der Waals surface area contributed by atoms with E-state index in [9.17, 15) is 14.7 Å². The highest BCUT2D eigenvalue weighted by molar-refractivity contribution is 6.15. The number of anilines is 1. The van der Waals surface area contributed by atoms with E-state index in [4.69, 9.17) is 18.9 Å². The van der Waals surface area contributed by atoms with E-state index in [1.807, 2.05) is 62.1 Å². The van der Waals surface area contributed by atoms with E-state index in [0.29, 0.717) is 40.8 Å². The molecule has 4 heterocycles. The number of nitrogens with zero attached hydrogens (tertiary/aromatic N) is 2. The summed E-state index contributed by atoms with van der Waals surface area (Å²) in [5, 5.41) is 11.3. The Morgan fingerprint density at radius 2 is 1.80 bits per heavy atom. The normalized spacial score (nSPS) is 18.2. The van der Waals surface area contributed by atoms with Gasteiger partial charge in [0.15, 0.2) is 11.5 Å². The molecule has 1 atom stereocenters. The van der Waals surface area contributed by atoms with Crippen molar-refractivity contribution < 1.29 is 33.6 Å². The first-order valence-corrected chi connectivity index (χ1v) is 15.1. The summed E-state index contributed by atoms with van der Waals surface area (Å²) < 4.78 is 24.7. The molecule has 1 spiro atoms. The van der Waals surface area contributed by atoms with Crippen LogP contribution in [0.25, 0.3) is 22.0 Å². The Morgan fingerprint density at radius 3 is 2.50 bits per heavy atom. The van der Waals surface area contributed by atoms with Crippen LogP contribution in [-0.4, -0.2) is 48.7 Å². The molecule has 7 rings (SSSR count). The van der Waals surface area contributed by atoms with Crippen LogP contribution in [0.2, 0.25) is 0 Å². The minimum absolute atomic E-state index is 0.0504. The Bertz CT molecular complexity index is 1850. The molecule has 228 valence electrons. The molecular weight excluding hydrogens is 560 g/mol. The standard InChI is InChI=1S/C35H36N2O7/c1-6-7-8-14-36-25-11-9-10-21(29-22-15-20(41-5)12-13-24(22)37(33(39)40)31(29)34(2,3)4)30(25)35(32(36)38)18-42-26-17-28-27(16-23(26)35)43-19-44-28/h9-13,15-17H,6-8,14,18-19H2,1-5H3,(H,39,40). The number of carbonyl (C=O) groups is 2. The lowest BCUT2D eigenvalue weighted by atomic mass is 9.73. The average molecular weight is 597 g/mol. The number of benzene rings is 3. The Morgan fingerprint density at radius 1 is 1.02 bits per heavy atom. The summed E-state index contributed by atoms with van der Waals surface area (Å²) in [4.78, 5) is 29.6. The van der Waals surface area contributed by atoms with Gasteiger partial charge in [0.1, 0.15) is 23.5 Å². The number of hydrogen-bond acceptors (Lipinski definition) is 6. The van der Waals surface area contributed by atoms with Gasteiger partial charge in [-0.15, -0.1) is 0 Å². The van der Waals surface area contributed by atoms with Gasteiger partial charge in [-0.05, 0) is 42.3 Å². The molecule has 3 aliphatic rings. The highest BCUT2D eigenvalue weighted by atomic mass is 16.7. The molecule has 4 aromatic rings. The summed E-state index contributed by atoms with van der Waals surface area (Å²) in [7, 11) is 1.60. The number of hydrogen-bond donors (Lipinski definition) is 1. The van der Waals surface area contributed by atoms with Crippen LogP contribution in [0.15, 0.2) is 48.5 Å². The third kappa shape index (κ3) is 3.84. The fraction of sp³-hybridized carbons (Fsp3) is 0.371. The molecule has 1 N–H and O–H groups in total. The van der Waals surface area contributed by atoms with Crippen LogP contribution in [0.1, 0.15) is 63.8 Å². The number of carboxylic acid groups (broad SMARTS) is 1. The lowest BCUT2D eigenvalue weighted by Gasteiger charge is -2.26. The van der Waals surface area contributed by atoms with Crippen molar-refractivity contribution in [1.29, 1.82) is 0 Å². The summed E-state index contributed by atoms with van der Waals surface area (Å²) in [6, 6.07) is 15.1. The lowest BCUT2D eigenvalue weighted by Crippen LogP contribution is -2.43. The summed E-state index contributed by atoms with van der Waals surface area (Å²) >= 11 is 0. The van der Waals surface area contributed by atoms with Crippen LogP contribution in [-0.2, 0) is 15.6 Å². The Labute approximate surface area is 255 Å². The van der Waals surface area contributed by atoms with Crippen molar-refractivity contribution in [2.24, 2.45) is 0 Å². The highest BCUT2D eigenvalue weighted by Gasteiger charge is 2.58. The summed E-state index contributed by atoms with van der Waals surface area (Å²) in [5.41, 5.74) is 3.39. The van der Waals surface area contributed by atoms with Crippen molar-refractivity contribution in [3.05, 3.63) is 65.4 Å². The van der Waals surface area contributed by atoms with Gasteiger partial charge in [0.05, 0.1) is 12.6 Å². The third-order valence-corrected chi connectivity index (χ3v) is 9.08. The van der Waals surface area contributed by atoms with Crippen LogP contribution in [0.5, 0.6) is 23.0 Å². The van der Waals surface area contributed by atoms with E-state index in [1.165, 1.54) is 4.57 Å². The fourth-order valence-electron chi connectivity index (χ4n) is 7.21. The first-order valence-electron chi connectivity index (χ1n) is 15.1. The second-order valence-corrected chi connectivity index (χ2v) is 12.7. The van der Waals surface area contributed by atoms with Gasteiger partial charge in [-0.1, -0.05) is 52.7 Å². The van der Waals surface area contributed by atoms with Gasteiger partial charge in [-0.25, -0.2) is 9.36 Å². The smallest absolute Gasteiger partial charge is 0.416 e. The number of ether oxygens (including phenoxy) is 4. The molecule has 1 unspecified atom stereocenters. The van der Waals surface area contributed by atoms with Crippen LogP contribution < -0.4 is 23.8 Å². The number of fused-ring (bicyclic) bond motifs is 6. The van der Waals surface area contributed by atoms with Crippen LogP contribution in [0, 0.1) is 0 Å². The maximum atomic E-state index is 14.8. The van der Waals surface area contributed by atoms with Crippen molar-refractivity contribution in [3.8, 4) is 34.1 Å². The minimum Gasteiger partial charge on any atom is -0.497 e. The number of unbranched alkanes of at least 4 members (excludes halogenated alkanes) is 2. The number of carbonyl (C=O) groups excluding carboxylic acids is 1. The second kappa shape index (κ2) is 9.94. The zero-order chi connectivity index (χ0) is 31.0. The van der Waals surface area contributed by atoms with Crippen molar-refractivity contribution in [1.82, 2.24) is 4.57 Å². The van der Waals surface area contributed by atoms with E-state index in [-0.39, 0.29) is 19.3 Å². The lowest BCUT2D eigenvalue weighted by molar-refractivity contribution is -0.122. The van der Waals surface area contributed by atoms with Gasteiger partial charge >= 0.3 is 6.09 Å². The number of rotatable bonds is 6. The molecule has 0 saturated carbocycles. The SMILES string of the molecule is CCCCCN1C(=O)C2(COc3cc4c(cc32)OCO4)c2c(-c3c(C(C)(C)C)n(C(=O)O)c4ccc(OC)cc34)cccc21. The summed E-state index contributed by atoms with van der Waals surface area (Å²) in [6.45, 7) is 8.97. The Balaban J connectivity index is 1.59. The molecule has 44 heavy (non-hydrogen) atoms. The maximum Gasteiger partial charge on any atom is 0.416 e. The quantitative estimate of drug-likeness (QED) is 0.237. The Hall–Kier alpha value is -4.66. The summed E-state index contributed by atoms with van der Waals surface area (Å²) in [5.74, 6) is 2.32. The molecule has 0 radical (unpaired) electrons. The molecule has 1 amide bonds. The van der Waals surface area contributed by atoms with E-state index in [0.717, 1.165) is 52.6 Å². The van der Waals surface area contributed by atoms with Gasteiger partial charge in [0.2, 0.25) is 12.7 Å². The minimum atomic E-state index is -1.15. The monoisotopic (exact) mass is 596 g/mol. The zero-order valence-corrected chi connectivity index (χ0v) is 25.7. The zero-order valence-electron chi connectivity index (χ0n) is 25.7. The van der Waals surface area contributed by atoms with Crippen molar-refractivity contribution in [2.75, 3.05) is 32.0 Å². The van der Waals surface area contributed by atoms with Crippen molar-refractivity contribution in [3.63, 3.8) is 0 Å². The number of methoxy groups -OCH3 is 1. The number of amides is 1. The van der Waals surface area contributed by atoms with Gasteiger partial charge in [0.25, 0.3) is 0 Å². The molecular formula is C35H36N2O7.